The highest BCUT2D eigenvalue weighted by Crippen LogP contribution is 2.30. The first-order chi connectivity index (χ1) is 10.5. The Morgan fingerprint density at radius 3 is 2.91 bits per heavy atom. The van der Waals surface area contributed by atoms with E-state index in [1.165, 1.54) is 5.56 Å². The molecule has 0 amide bonds. The van der Waals surface area contributed by atoms with E-state index >= 15 is 0 Å². The van der Waals surface area contributed by atoms with Crippen LogP contribution in [0.1, 0.15) is 31.2 Å². The van der Waals surface area contributed by atoms with Crippen molar-refractivity contribution in [3.05, 3.63) is 23.8 Å². The summed E-state index contributed by atoms with van der Waals surface area (Å²) in [4.78, 5) is 2.50. The number of sulfonamides is 1. The van der Waals surface area contributed by atoms with E-state index in [1.54, 1.807) is 6.07 Å². The number of fused-ring (bicyclic) bond motifs is 1. The third-order valence-corrected chi connectivity index (χ3v) is 6.47. The van der Waals surface area contributed by atoms with E-state index in [0.717, 1.165) is 44.3 Å². The van der Waals surface area contributed by atoms with Crippen LogP contribution in [0.3, 0.4) is 0 Å². The Labute approximate surface area is 132 Å². The largest absolute Gasteiger partial charge is 0.374 e. The van der Waals surface area contributed by atoms with E-state index in [4.69, 9.17) is 5.73 Å². The molecule has 0 aromatic heterocycles. The molecule has 122 valence electrons. The summed E-state index contributed by atoms with van der Waals surface area (Å²) in [6.07, 6.45) is 5.07. The summed E-state index contributed by atoms with van der Waals surface area (Å²) in [6.45, 7) is 1.52. The zero-order valence-electron chi connectivity index (χ0n) is 13.1. The Morgan fingerprint density at radius 1 is 1.32 bits per heavy atom. The molecule has 2 aliphatic rings. The van der Waals surface area contributed by atoms with Crippen LogP contribution in [-0.2, 0) is 16.4 Å². The Kier molecular flexibility index (Phi) is 4.43. The van der Waals surface area contributed by atoms with Gasteiger partial charge in [0.25, 0.3) is 0 Å². The molecule has 0 unspecified atom stereocenters. The van der Waals surface area contributed by atoms with Crippen LogP contribution < -0.4 is 15.4 Å². The minimum absolute atomic E-state index is 0.0243. The molecular weight excluding hydrogens is 298 g/mol. The molecule has 0 saturated heterocycles. The monoisotopic (exact) mass is 323 g/mol. The molecule has 1 aliphatic heterocycles. The van der Waals surface area contributed by atoms with Crippen LogP contribution in [0.4, 0.5) is 5.69 Å². The van der Waals surface area contributed by atoms with Crippen molar-refractivity contribution in [3.8, 4) is 0 Å². The lowest BCUT2D eigenvalue weighted by molar-refractivity contribution is 0.453. The molecule has 5 nitrogen and oxygen atoms in total. The van der Waals surface area contributed by atoms with Crippen LogP contribution in [0.5, 0.6) is 0 Å². The maximum Gasteiger partial charge on any atom is 0.240 e. The van der Waals surface area contributed by atoms with E-state index in [-0.39, 0.29) is 12.0 Å². The molecule has 0 radical (unpaired) electrons. The topological polar surface area (TPSA) is 75.4 Å². The molecule has 1 heterocycles. The maximum atomic E-state index is 12.7. The van der Waals surface area contributed by atoms with Gasteiger partial charge >= 0.3 is 0 Å². The van der Waals surface area contributed by atoms with E-state index in [9.17, 15) is 8.42 Å². The Bertz CT molecular complexity index is 645. The predicted molar refractivity (Wildman–Crippen MR) is 88.5 cm³/mol. The number of nitrogens with one attached hydrogen (secondary N) is 1. The third kappa shape index (κ3) is 3.00. The summed E-state index contributed by atoms with van der Waals surface area (Å²) in [5.41, 5.74) is 8.02. The molecule has 6 heteroatoms. The van der Waals surface area contributed by atoms with Crippen molar-refractivity contribution in [2.75, 3.05) is 25.0 Å². The molecule has 22 heavy (non-hydrogen) atoms. The molecular formula is C16H25N3O2S. The number of benzene rings is 1. The van der Waals surface area contributed by atoms with Crippen LogP contribution in [0.15, 0.2) is 23.1 Å². The van der Waals surface area contributed by atoms with Gasteiger partial charge in [-0.2, -0.15) is 0 Å². The molecule has 0 spiro atoms. The van der Waals surface area contributed by atoms with Gasteiger partial charge in [0.1, 0.15) is 0 Å². The minimum Gasteiger partial charge on any atom is -0.374 e. The molecule has 1 aromatic carbocycles. The molecule has 1 fully saturated rings. The second kappa shape index (κ2) is 6.18. The normalized spacial score (nSPS) is 25.3. The first-order valence-corrected chi connectivity index (χ1v) is 9.56. The summed E-state index contributed by atoms with van der Waals surface area (Å²) in [5, 5.41) is 0. The fraction of sp³-hybridized carbons (Fsp3) is 0.625. The van der Waals surface area contributed by atoms with E-state index in [2.05, 4.69) is 9.62 Å². The Morgan fingerprint density at radius 2 is 2.14 bits per heavy atom. The van der Waals surface area contributed by atoms with Crippen LogP contribution >= 0.6 is 0 Å². The van der Waals surface area contributed by atoms with E-state index in [1.807, 2.05) is 19.2 Å². The molecule has 2 atom stereocenters. The first-order valence-electron chi connectivity index (χ1n) is 8.08. The second-order valence-electron chi connectivity index (χ2n) is 6.47. The third-order valence-electron chi connectivity index (χ3n) is 4.99. The molecule has 0 bridgehead atoms. The number of rotatable bonds is 4. The van der Waals surface area contributed by atoms with E-state index < -0.39 is 10.0 Å². The second-order valence-corrected chi connectivity index (χ2v) is 8.18. The van der Waals surface area contributed by atoms with Crippen molar-refractivity contribution in [3.63, 3.8) is 0 Å². The quantitative estimate of drug-likeness (QED) is 0.880. The highest BCUT2D eigenvalue weighted by Gasteiger charge is 2.30. The number of hydrogen-bond acceptors (Lipinski definition) is 4. The van der Waals surface area contributed by atoms with Crippen molar-refractivity contribution in [1.29, 1.82) is 0 Å². The highest BCUT2D eigenvalue weighted by atomic mass is 32.2. The Balaban J connectivity index is 1.85. The average Bonchev–Trinajstić information content (AvgIpc) is 2.94. The molecule has 1 saturated carbocycles. The maximum absolute atomic E-state index is 12.7. The molecule has 1 aliphatic carbocycles. The summed E-state index contributed by atoms with van der Waals surface area (Å²) in [5.74, 6) is 0.259. The number of aryl methyl sites for hydroxylation is 1. The fourth-order valence-electron chi connectivity index (χ4n) is 3.65. The standard InChI is InChI=1S/C16H25N3O2S/c1-19-9-3-5-12-7-8-14(10-16(12)19)22(20,21)18-15-6-2-4-13(15)11-17/h7-8,10,13,15,18H,2-6,9,11,17H2,1H3/t13-,15+/m1/s1. The zero-order chi connectivity index (χ0) is 15.7. The summed E-state index contributed by atoms with van der Waals surface area (Å²) >= 11 is 0. The van der Waals surface area contributed by atoms with Crippen LogP contribution in [0.2, 0.25) is 0 Å². The number of anilines is 1. The molecule has 3 N–H and O–H groups in total. The SMILES string of the molecule is CN1CCCc2ccc(S(=O)(=O)N[C@H]3CCC[C@@H]3CN)cc21. The summed E-state index contributed by atoms with van der Waals surface area (Å²) in [6, 6.07) is 5.47. The van der Waals surface area contributed by atoms with Gasteiger partial charge in [-0.3, -0.25) is 0 Å². The van der Waals surface area contributed by atoms with Gasteiger partial charge in [0.2, 0.25) is 10.0 Å². The van der Waals surface area contributed by atoms with Crippen molar-refractivity contribution in [2.45, 2.75) is 43.0 Å². The van der Waals surface area contributed by atoms with Crippen molar-refractivity contribution in [2.24, 2.45) is 11.7 Å². The van der Waals surface area contributed by atoms with Gasteiger partial charge in [-0.25, -0.2) is 13.1 Å². The predicted octanol–water partition coefficient (Wildman–Crippen LogP) is 1.47. The van der Waals surface area contributed by atoms with Gasteiger partial charge in [-0.05, 0) is 55.8 Å². The average molecular weight is 323 g/mol. The lowest BCUT2D eigenvalue weighted by Crippen LogP contribution is -2.39. The molecule has 3 rings (SSSR count). The van der Waals surface area contributed by atoms with Gasteiger partial charge < -0.3 is 10.6 Å². The number of nitrogens with zero attached hydrogens (tertiary/aromatic N) is 1. The first kappa shape index (κ1) is 15.8. The van der Waals surface area contributed by atoms with Crippen molar-refractivity contribution >= 4 is 15.7 Å². The van der Waals surface area contributed by atoms with Crippen LogP contribution in [-0.4, -0.2) is 34.6 Å². The minimum atomic E-state index is -3.48. The zero-order valence-corrected chi connectivity index (χ0v) is 13.9. The lowest BCUT2D eigenvalue weighted by atomic mass is 10.0. The number of hydrogen-bond donors (Lipinski definition) is 2. The summed E-state index contributed by atoms with van der Waals surface area (Å²) in [7, 11) is -1.46. The van der Waals surface area contributed by atoms with Gasteiger partial charge in [0, 0.05) is 25.3 Å². The van der Waals surface area contributed by atoms with Gasteiger partial charge in [-0.15, -0.1) is 0 Å². The highest BCUT2D eigenvalue weighted by molar-refractivity contribution is 7.89. The van der Waals surface area contributed by atoms with Crippen LogP contribution in [0, 0.1) is 5.92 Å². The smallest absolute Gasteiger partial charge is 0.240 e. The Hall–Kier alpha value is -1.11. The van der Waals surface area contributed by atoms with Crippen molar-refractivity contribution < 1.29 is 8.42 Å². The van der Waals surface area contributed by atoms with E-state index in [0.29, 0.717) is 11.4 Å². The van der Waals surface area contributed by atoms with Gasteiger partial charge in [0.15, 0.2) is 0 Å². The fourth-order valence-corrected chi connectivity index (χ4v) is 5.01. The summed E-state index contributed by atoms with van der Waals surface area (Å²) < 4.78 is 28.2. The number of nitrogens with two attached hydrogens (primary N) is 1. The lowest BCUT2D eigenvalue weighted by Gasteiger charge is -2.28. The molecule has 1 aromatic rings. The van der Waals surface area contributed by atoms with Gasteiger partial charge in [-0.1, -0.05) is 12.5 Å². The van der Waals surface area contributed by atoms with Crippen molar-refractivity contribution in [1.82, 2.24) is 4.72 Å². The van der Waals surface area contributed by atoms with Crippen LogP contribution in [0.25, 0.3) is 0 Å². The van der Waals surface area contributed by atoms with Gasteiger partial charge in [0.05, 0.1) is 4.90 Å².